The maximum absolute atomic E-state index is 13.6. The maximum Gasteiger partial charge on any atom is 0.410 e. The van der Waals surface area contributed by atoms with E-state index in [2.05, 4.69) is 15.4 Å². The number of amides is 3. The lowest BCUT2D eigenvalue weighted by Gasteiger charge is -2.23. The largest absolute Gasteiger partial charge is 0.465 e. The van der Waals surface area contributed by atoms with Crippen molar-refractivity contribution in [3.05, 3.63) is 28.7 Å². The normalized spacial score (nSPS) is 28.6. The first-order valence-electron chi connectivity index (χ1n) is 10.4. The Morgan fingerprint density at radius 1 is 1.35 bits per heavy atom. The van der Waals surface area contributed by atoms with Crippen molar-refractivity contribution in [3.8, 4) is 0 Å². The van der Waals surface area contributed by atoms with Gasteiger partial charge in [-0.2, -0.15) is 18.3 Å². The van der Waals surface area contributed by atoms with Gasteiger partial charge in [-0.1, -0.05) is 11.6 Å². The first-order chi connectivity index (χ1) is 15.8. The zero-order valence-electron chi connectivity index (χ0n) is 17.2. The lowest BCUT2D eigenvalue weighted by molar-refractivity contribution is -0.149. The topological polar surface area (TPSA) is 112 Å². The zero-order chi connectivity index (χ0) is 24.6. The van der Waals surface area contributed by atoms with E-state index in [0.717, 1.165) is 4.90 Å². The molecule has 15 heteroatoms. The van der Waals surface area contributed by atoms with Crippen molar-refractivity contribution in [2.24, 2.45) is 17.8 Å². The molecule has 3 amide bonds. The molecule has 3 aliphatic rings. The van der Waals surface area contributed by atoms with Crippen LogP contribution >= 0.6 is 11.6 Å². The molecule has 2 saturated carbocycles. The first-order valence-corrected chi connectivity index (χ1v) is 10.8. The van der Waals surface area contributed by atoms with Gasteiger partial charge in [-0.05, 0) is 24.8 Å². The lowest BCUT2D eigenvalue weighted by atomic mass is 9.92. The number of hydrogen-bond donors (Lipinski definition) is 3. The molecule has 1 aliphatic heterocycles. The van der Waals surface area contributed by atoms with Gasteiger partial charge in [0.2, 0.25) is 0 Å². The third-order valence-corrected chi connectivity index (χ3v) is 7.11. The van der Waals surface area contributed by atoms with Crippen molar-refractivity contribution in [3.63, 3.8) is 0 Å². The minimum absolute atomic E-state index is 0.0794. The quantitative estimate of drug-likeness (QED) is 0.536. The van der Waals surface area contributed by atoms with Crippen molar-refractivity contribution in [1.82, 2.24) is 30.1 Å². The number of nitrogens with zero attached hydrogens (tertiary/aromatic N) is 4. The summed E-state index contributed by atoms with van der Waals surface area (Å²) in [7, 11) is 0. The molecule has 2 aliphatic carbocycles. The molecule has 0 aromatic carbocycles. The Morgan fingerprint density at radius 3 is 2.62 bits per heavy atom. The molecule has 3 N–H and O–H groups in total. The number of nitrogens with one attached hydrogen (secondary N) is 2. The molecule has 0 bridgehead atoms. The Labute approximate surface area is 193 Å². The third kappa shape index (κ3) is 3.87. The van der Waals surface area contributed by atoms with E-state index in [4.69, 9.17) is 11.6 Å². The highest BCUT2D eigenvalue weighted by Gasteiger charge is 2.72. The van der Waals surface area contributed by atoms with Crippen LogP contribution in [-0.2, 0) is 6.54 Å². The summed E-state index contributed by atoms with van der Waals surface area (Å²) in [6, 6.07) is -2.31. The molecule has 3 fully saturated rings. The van der Waals surface area contributed by atoms with E-state index in [1.54, 1.807) is 0 Å². The predicted octanol–water partition coefficient (Wildman–Crippen LogP) is 3.44. The van der Waals surface area contributed by atoms with Crippen LogP contribution in [0.2, 0.25) is 5.15 Å². The minimum atomic E-state index is -4.59. The van der Waals surface area contributed by atoms with Gasteiger partial charge in [0.1, 0.15) is 6.04 Å². The van der Waals surface area contributed by atoms with Crippen LogP contribution in [0.25, 0.3) is 5.65 Å². The van der Waals surface area contributed by atoms with E-state index in [9.17, 15) is 36.6 Å². The van der Waals surface area contributed by atoms with Gasteiger partial charge in [-0.25, -0.2) is 27.9 Å². The molecule has 3 unspecified atom stereocenters. The molecule has 4 atom stereocenters. The van der Waals surface area contributed by atoms with Gasteiger partial charge < -0.3 is 20.6 Å². The van der Waals surface area contributed by atoms with Crippen LogP contribution < -0.4 is 10.6 Å². The van der Waals surface area contributed by atoms with Crippen LogP contribution in [-0.4, -0.2) is 61.4 Å². The molecule has 1 saturated heterocycles. The molecule has 5 rings (SSSR count). The summed E-state index contributed by atoms with van der Waals surface area (Å²) in [5.41, 5.74) is 0.717. The molecule has 0 spiro atoms. The molecular formula is C19H18ClF5N6O3. The van der Waals surface area contributed by atoms with Crippen molar-refractivity contribution in [2.75, 3.05) is 6.54 Å². The second-order valence-electron chi connectivity index (χ2n) is 8.90. The Hall–Kier alpha value is -2.90. The molecule has 3 heterocycles. The summed E-state index contributed by atoms with van der Waals surface area (Å²) in [6.07, 6.45) is -4.19. The van der Waals surface area contributed by atoms with E-state index in [0.29, 0.717) is 0 Å². The van der Waals surface area contributed by atoms with Gasteiger partial charge in [0.05, 0.1) is 31.0 Å². The number of carbonyl (C=O) groups excluding carboxylic acids is 1. The van der Waals surface area contributed by atoms with Gasteiger partial charge in [0.25, 0.3) is 5.92 Å². The molecule has 0 radical (unpaired) electrons. The monoisotopic (exact) mass is 508 g/mol. The highest BCUT2D eigenvalue weighted by Crippen LogP contribution is 2.67. The number of rotatable bonds is 5. The third-order valence-electron chi connectivity index (χ3n) is 6.79. The van der Waals surface area contributed by atoms with Crippen LogP contribution in [0.3, 0.4) is 0 Å². The summed E-state index contributed by atoms with van der Waals surface area (Å²) in [6.45, 7) is -0.844. The van der Waals surface area contributed by atoms with Crippen LogP contribution in [0, 0.1) is 17.8 Å². The van der Waals surface area contributed by atoms with E-state index in [1.165, 1.54) is 16.8 Å². The number of hydrogen-bond acceptors (Lipinski definition) is 4. The summed E-state index contributed by atoms with van der Waals surface area (Å²) in [5.74, 6) is -4.61. The highest BCUT2D eigenvalue weighted by molar-refractivity contribution is 6.30. The molecule has 184 valence electrons. The van der Waals surface area contributed by atoms with Gasteiger partial charge in [0.15, 0.2) is 10.8 Å². The average Bonchev–Trinajstić information content (AvgIpc) is 3.24. The van der Waals surface area contributed by atoms with Crippen molar-refractivity contribution >= 4 is 29.4 Å². The second-order valence-corrected chi connectivity index (χ2v) is 9.26. The fourth-order valence-corrected chi connectivity index (χ4v) is 5.22. The highest BCUT2D eigenvalue weighted by atomic mass is 35.5. The van der Waals surface area contributed by atoms with Gasteiger partial charge >= 0.3 is 18.3 Å². The Bertz CT molecular complexity index is 1160. The second kappa shape index (κ2) is 7.55. The number of carbonyl (C=O) groups is 2. The van der Waals surface area contributed by atoms with E-state index in [-0.39, 0.29) is 47.4 Å². The van der Waals surface area contributed by atoms with Crippen LogP contribution in [0.4, 0.5) is 31.5 Å². The Balaban J connectivity index is 1.38. The fraction of sp³-hybridized carbons (Fsp3) is 0.579. The summed E-state index contributed by atoms with van der Waals surface area (Å²) >= 11 is 6.18. The number of imidazole rings is 1. The SMILES string of the molecule is O=C(O)N[C@H](c1cn2nc(Cl)c(CN3CC(C(F)(F)F)NC3=O)cc2n1)C1CC2C(C1)C2(F)F. The van der Waals surface area contributed by atoms with Gasteiger partial charge in [-0.15, -0.1) is 0 Å². The van der Waals surface area contributed by atoms with Gasteiger partial charge in [0, 0.05) is 17.4 Å². The number of alkyl halides is 5. The van der Waals surface area contributed by atoms with Crippen LogP contribution in [0.5, 0.6) is 0 Å². The standard InChI is InChI=1S/C19H18ClF5N6O3/c20-15-8(4-30-6-12(19(23,24)25)27-16(30)32)3-13-26-11(5-31(13)29-15)14(28-17(33)34)7-1-9-10(2-7)18(9,21)22/h3,5,7,9-10,12,14,28H,1-2,4,6H2,(H,27,32)(H,33,34)/t7?,9?,10?,12?,14-/m0/s1. The minimum Gasteiger partial charge on any atom is -0.465 e. The van der Waals surface area contributed by atoms with E-state index in [1.807, 2.05) is 5.32 Å². The summed E-state index contributed by atoms with van der Waals surface area (Å²) in [5, 5.41) is 17.5. The molecule has 2 aromatic heterocycles. The zero-order valence-corrected chi connectivity index (χ0v) is 17.9. The predicted molar refractivity (Wildman–Crippen MR) is 105 cm³/mol. The molecule has 9 nitrogen and oxygen atoms in total. The number of urea groups is 1. The number of fused-ring (bicyclic) bond motifs is 2. The number of carboxylic acid groups (broad SMARTS) is 1. The molecule has 2 aromatic rings. The van der Waals surface area contributed by atoms with Gasteiger partial charge in [-0.3, -0.25) is 0 Å². The fourth-order valence-electron chi connectivity index (χ4n) is 5.02. The molecule has 34 heavy (non-hydrogen) atoms. The van der Waals surface area contributed by atoms with E-state index < -0.39 is 54.7 Å². The van der Waals surface area contributed by atoms with Crippen molar-refractivity contribution in [2.45, 2.75) is 43.6 Å². The maximum atomic E-state index is 13.6. The van der Waals surface area contributed by atoms with Crippen LogP contribution in [0.1, 0.15) is 30.1 Å². The summed E-state index contributed by atoms with van der Waals surface area (Å²) in [4.78, 5) is 28.6. The van der Waals surface area contributed by atoms with Crippen molar-refractivity contribution in [1.29, 1.82) is 0 Å². The summed E-state index contributed by atoms with van der Waals surface area (Å²) < 4.78 is 67.2. The van der Waals surface area contributed by atoms with Crippen molar-refractivity contribution < 1.29 is 36.6 Å². The molecular weight excluding hydrogens is 491 g/mol. The van der Waals surface area contributed by atoms with E-state index >= 15 is 0 Å². The Kier molecular flexibility index (Phi) is 5.08. The lowest BCUT2D eigenvalue weighted by Crippen LogP contribution is -2.40. The first kappa shape index (κ1) is 22.9. The smallest absolute Gasteiger partial charge is 0.410 e. The van der Waals surface area contributed by atoms with Crippen LogP contribution in [0.15, 0.2) is 12.3 Å². The average molecular weight is 509 g/mol. The number of aromatic nitrogens is 3. The Morgan fingerprint density at radius 2 is 2.03 bits per heavy atom. The number of halogens is 6.